The predicted octanol–water partition coefficient (Wildman–Crippen LogP) is 2.74. The van der Waals surface area contributed by atoms with Crippen LogP contribution in [-0.4, -0.2) is 26.3 Å². The van der Waals surface area contributed by atoms with E-state index in [-0.39, 0.29) is 11.1 Å². The Morgan fingerprint density at radius 2 is 1.53 bits per heavy atom. The van der Waals surface area contributed by atoms with E-state index in [1.165, 1.54) is 12.1 Å². The first-order chi connectivity index (χ1) is 8.82. The lowest BCUT2D eigenvalue weighted by Gasteiger charge is -2.08. The number of hydrogen-bond acceptors (Lipinski definition) is 3. The number of ketones is 1. The second-order valence-electron chi connectivity index (χ2n) is 3.70. The lowest BCUT2D eigenvalue weighted by Crippen LogP contribution is -2.25. The van der Waals surface area contributed by atoms with E-state index in [0.29, 0.717) is 0 Å². The van der Waals surface area contributed by atoms with Crippen molar-refractivity contribution in [2.75, 3.05) is 0 Å². The quantitative estimate of drug-likeness (QED) is 0.478. The van der Waals surface area contributed by atoms with E-state index in [1.54, 1.807) is 12.1 Å². The molecule has 1 aliphatic rings. The first kappa shape index (κ1) is 14.1. The van der Waals surface area contributed by atoms with Crippen molar-refractivity contribution >= 4 is 52.4 Å². The Morgan fingerprint density at radius 1 is 1.05 bits per heavy atom. The minimum atomic E-state index is -2.12. The summed E-state index contributed by atoms with van der Waals surface area (Å²) in [4.78, 5) is 36.0. The smallest absolute Gasteiger partial charge is 0.265 e. The zero-order chi connectivity index (χ0) is 14.2. The number of carbonyl (C=O) groups is 3. The topological polar surface area (TPSA) is 54.5 Å². The summed E-state index contributed by atoms with van der Waals surface area (Å²) in [5.74, 6) is -1.88. The number of alkyl halides is 3. The number of rotatable bonds is 2. The number of nitrogens with zero attached hydrogens (tertiary/aromatic N) is 1. The number of benzene rings is 1. The molecule has 0 N–H and O–H groups in total. The van der Waals surface area contributed by atoms with Crippen LogP contribution in [0.5, 0.6) is 0 Å². The van der Waals surface area contributed by atoms with E-state index < -0.39 is 21.4 Å². The summed E-state index contributed by atoms with van der Waals surface area (Å²) in [5, 5.41) is 0. The average molecular weight is 319 g/mol. The van der Waals surface area contributed by atoms with Crippen LogP contribution in [0.4, 0.5) is 0 Å². The normalized spacial score (nSPS) is 15.2. The van der Waals surface area contributed by atoms with E-state index in [4.69, 9.17) is 34.8 Å². The number of halogens is 3. The lowest BCUT2D eigenvalue weighted by atomic mass is 10.1. The van der Waals surface area contributed by atoms with Crippen LogP contribution in [0.15, 0.2) is 36.5 Å². The van der Waals surface area contributed by atoms with Crippen molar-refractivity contribution in [2.45, 2.75) is 3.79 Å². The molecule has 1 aliphatic heterocycles. The van der Waals surface area contributed by atoms with Crippen molar-refractivity contribution in [2.24, 2.45) is 0 Å². The molecular weight excluding hydrogens is 312 g/mol. The zero-order valence-corrected chi connectivity index (χ0v) is 11.5. The molecule has 2 amide bonds. The molecule has 0 radical (unpaired) electrons. The number of fused-ring (bicyclic) bond motifs is 1. The highest BCUT2D eigenvalue weighted by molar-refractivity contribution is 6.77. The second kappa shape index (κ2) is 4.96. The van der Waals surface area contributed by atoms with Crippen molar-refractivity contribution < 1.29 is 14.4 Å². The monoisotopic (exact) mass is 317 g/mol. The van der Waals surface area contributed by atoms with Gasteiger partial charge < -0.3 is 0 Å². The molecular formula is C12H6Cl3NO3. The largest absolute Gasteiger partial charge is 0.290 e. The first-order valence-electron chi connectivity index (χ1n) is 5.08. The van der Waals surface area contributed by atoms with Crippen LogP contribution in [0.3, 0.4) is 0 Å². The second-order valence-corrected chi connectivity index (χ2v) is 5.98. The summed E-state index contributed by atoms with van der Waals surface area (Å²) in [6, 6.07) is 6.34. The van der Waals surface area contributed by atoms with E-state index in [2.05, 4.69) is 0 Å². The molecule has 4 nitrogen and oxygen atoms in total. The number of imide groups is 1. The molecule has 19 heavy (non-hydrogen) atoms. The SMILES string of the molecule is O=C1c2ccccc2C(=O)N1C=CC(=O)C(Cl)(Cl)Cl. The highest BCUT2D eigenvalue weighted by Crippen LogP contribution is 2.28. The van der Waals surface area contributed by atoms with E-state index in [1.807, 2.05) is 0 Å². The first-order valence-corrected chi connectivity index (χ1v) is 6.22. The van der Waals surface area contributed by atoms with E-state index in [9.17, 15) is 14.4 Å². The molecule has 0 aromatic heterocycles. The summed E-state index contributed by atoms with van der Waals surface area (Å²) in [5.41, 5.74) is 0.553. The molecule has 0 bridgehead atoms. The Balaban J connectivity index is 2.26. The molecule has 1 aromatic carbocycles. The summed E-state index contributed by atoms with van der Waals surface area (Å²) in [6.07, 6.45) is 1.89. The highest BCUT2D eigenvalue weighted by atomic mass is 35.6. The minimum absolute atomic E-state index is 0.276. The third-order valence-corrected chi connectivity index (χ3v) is 3.04. The standard InChI is InChI=1S/C12H6Cl3NO3/c13-12(14,15)9(17)5-6-16-10(18)7-3-1-2-4-8(7)11(16)19/h1-6H. The summed E-state index contributed by atoms with van der Waals surface area (Å²) in [7, 11) is 0. The van der Waals surface area contributed by atoms with Gasteiger partial charge in [-0.15, -0.1) is 0 Å². The zero-order valence-electron chi connectivity index (χ0n) is 9.27. The van der Waals surface area contributed by atoms with Crippen LogP contribution in [0.2, 0.25) is 0 Å². The summed E-state index contributed by atoms with van der Waals surface area (Å²) >= 11 is 16.1. The van der Waals surface area contributed by atoms with Gasteiger partial charge in [0.05, 0.1) is 11.1 Å². The van der Waals surface area contributed by atoms with Crippen LogP contribution < -0.4 is 0 Å². The summed E-state index contributed by atoms with van der Waals surface area (Å²) < 4.78 is -2.12. The number of carbonyl (C=O) groups excluding carboxylic acids is 3. The predicted molar refractivity (Wildman–Crippen MR) is 71.4 cm³/mol. The maximum Gasteiger partial charge on any atom is 0.265 e. The third-order valence-electron chi connectivity index (χ3n) is 2.48. The molecule has 98 valence electrons. The minimum Gasteiger partial charge on any atom is -0.290 e. The fourth-order valence-electron chi connectivity index (χ4n) is 1.58. The van der Waals surface area contributed by atoms with E-state index in [0.717, 1.165) is 17.2 Å². The maximum atomic E-state index is 11.9. The van der Waals surface area contributed by atoms with Crippen molar-refractivity contribution in [3.8, 4) is 0 Å². The van der Waals surface area contributed by atoms with Gasteiger partial charge in [-0.3, -0.25) is 14.4 Å². The van der Waals surface area contributed by atoms with Gasteiger partial charge >= 0.3 is 0 Å². The number of amides is 2. The third kappa shape index (κ3) is 2.66. The molecule has 1 aromatic rings. The Hall–Kier alpha value is -1.36. The van der Waals surface area contributed by atoms with Gasteiger partial charge in [-0.25, -0.2) is 4.90 Å². The van der Waals surface area contributed by atoms with Crippen molar-refractivity contribution in [1.82, 2.24) is 4.90 Å². The van der Waals surface area contributed by atoms with Gasteiger partial charge in [-0.05, 0) is 12.1 Å². The highest BCUT2D eigenvalue weighted by Gasteiger charge is 2.34. The molecule has 0 atom stereocenters. The molecule has 1 heterocycles. The molecule has 0 spiro atoms. The van der Waals surface area contributed by atoms with Crippen LogP contribution in [0, 0.1) is 0 Å². The molecule has 0 unspecified atom stereocenters. The van der Waals surface area contributed by atoms with Crippen LogP contribution >= 0.6 is 34.8 Å². The van der Waals surface area contributed by atoms with Gasteiger partial charge in [0.1, 0.15) is 0 Å². The van der Waals surface area contributed by atoms with Crippen molar-refractivity contribution in [3.63, 3.8) is 0 Å². The summed E-state index contributed by atoms with van der Waals surface area (Å²) in [6.45, 7) is 0. The molecule has 0 aliphatic carbocycles. The van der Waals surface area contributed by atoms with Gasteiger partial charge in [0.15, 0.2) is 0 Å². The Kier molecular flexibility index (Phi) is 3.67. The maximum absolute atomic E-state index is 11.9. The number of allylic oxidation sites excluding steroid dienone is 1. The van der Waals surface area contributed by atoms with Gasteiger partial charge in [0.25, 0.3) is 15.6 Å². The molecule has 0 fully saturated rings. The van der Waals surface area contributed by atoms with Crippen molar-refractivity contribution in [3.05, 3.63) is 47.7 Å². The molecule has 7 heteroatoms. The van der Waals surface area contributed by atoms with Gasteiger partial charge in [0.2, 0.25) is 5.78 Å². The Labute approximate surface area is 123 Å². The molecule has 2 rings (SSSR count). The fourth-order valence-corrected chi connectivity index (χ4v) is 1.77. The average Bonchev–Trinajstić information content (AvgIpc) is 2.59. The van der Waals surface area contributed by atoms with E-state index >= 15 is 0 Å². The number of hydrogen-bond donors (Lipinski definition) is 0. The van der Waals surface area contributed by atoms with Gasteiger partial charge in [0, 0.05) is 12.3 Å². The van der Waals surface area contributed by atoms with Crippen molar-refractivity contribution in [1.29, 1.82) is 0 Å². The fraction of sp³-hybridized carbons (Fsp3) is 0.0833. The Bertz CT molecular complexity index is 569. The van der Waals surface area contributed by atoms with Crippen LogP contribution in [0.25, 0.3) is 0 Å². The Morgan fingerprint density at radius 3 is 1.95 bits per heavy atom. The molecule has 0 saturated heterocycles. The van der Waals surface area contributed by atoms with Crippen LogP contribution in [-0.2, 0) is 4.79 Å². The van der Waals surface area contributed by atoms with Gasteiger partial charge in [-0.2, -0.15) is 0 Å². The van der Waals surface area contributed by atoms with Crippen LogP contribution in [0.1, 0.15) is 20.7 Å². The van der Waals surface area contributed by atoms with Gasteiger partial charge in [-0.1, -0.05) is 46.9 Å². The molecule has 0 saturated carbocycles. The lowest BCUT2D eigenvalue weighted by molar-refractivity contribution is -0.113.